The monoisotopic (exact) mass is 305 g/mol. The van der Waals surface area contributed by atoms with Gasteiger partial charge in [-0.25, -0.2) is 4.68 Å². The first-order chi connectivity index (χ1) is 10.3. The van der Waals surface area contributed by atoms with Gasteiger partial charge in [0.25, 0.3) is 0 Å². The van der Waals surface area contributed by atoms with Gasteiger partial charge in [-0.3, -0.25) is 4.90 Å². The van der Waals surface area contributed by atoms with Crippen molar-refractivity contribution in [1.82, 2.24) is 14.7 Å². The number of aromatic nitrogens is 2. The smallest absolute Gasteiger partial charge is 0.0660 e. The summed E-state index contributed by atoms with van der Waals surface area (Å²) in [6.07, 6.45) is 7.23. The molecule has 0 bridgehead atoms. The lowest BCUT2D eigenvalue weighted by atomic mass is 10.1. The Bertz CT molecular complexity index is 599. The van der Waals surface area contributed by atoms with E-state index in [-0.39, 0.29) is 6.61 Å². The molecular weight excluding hydrogens is 286 g/mol. The molecule has 2 aromatic rings. The maximum absolute atomic E-state index is 9.13. The third-order valence-corrected chi connectivity index (χ3v) is 4.29. The van der Waals surface area contributed by atoms with E-state index in [1.807, 2.05) is 35.1 Å². The maximum Gasteiger partial charge on any atom is 0.0660 e. The fourth-order valence-corrected chi connectivity index (χ4v) is 3.20. The van der Waals surface area contributed by atoms with Crippen molar-refractivity contribution in [2.75, 3.05) is 13.2 Å². The molecule has 1 atom stereocenters. The summed E-state index contributed by atoms with van der Waals surface area (Å²) in [4.78, 5) is 2.44. The van der Waals surface area contributed by atoms with Crippen LogP contribution in [0.25, 0.3) is 5.69 Å². The standard InChI is InChI=1S/C16H20ClN3O/c17-14-3-1-4-16(9-14)20-12-13(10-18-20)11-19-7-2-5-15(19)6-8-21/h1,3-4,9-10,12,15,21H,2,5-8,11H2. The van der Waals surface area contributed by atoms with Crippen LogP contribution in [-0.2, 0) is 6.54 Å². The van der Waals surface area contributed by atoms with Gasteiger partial charge in [-0.05, 0) is 44.0 Å². The number of hydrogen-bond donors (Lipinski definition) is 1. The van der Waals surface area contributed by atoms with Crippen LogP contribution in [0.2, 0.25) is 5.02 Å². The molecule has 1 aromatic heterocycles. The lowest BCUT2D eigenvalue weighted by molar-refractivity contribution is 0.190. The molecule has 1 aliphatic heterocycles. The van der Waals surface area contributed by atoms with Gasteiger partial charge in [-0.2, -0.15) is 5.10 Å². The first kappa shape index (κ1) is 14.6. The van der Waals surface area contributed by atoms with E-state index in [2.05, 4.69) is 16.2 Å². The van der Waals surface area contributed by atoms with Gasteiger partial charge in [-0.15, -0.1) is 0 Å². The third-order valence-electron chi connectivity index (χ3n) is 4.06. The average molecular weight is 306 g/mol. The molecule has 0 amide bonds. The largest absolute Gasteiger partial charge is 0.396 e. The number of rotatable bonds is 5. The Morgan fingerprint density at radius 2 is 2.29 bits per heavy atom. The molecule has 112 valence electrons. The molecule has 1 saturated heterocycles. The molecule has 1 aliphatic rings. The molecule has 3 rings (SSSR count). The first-order valence-electron chi connectivity index (χ1n) is 7.40. The molecule has 2 heterocycles. The molecule has 21 heavy (non-hydrogen) atoms. The lowest BCUT2D eigenvalue weighted by Crippen LogP contribution is -2.29. The highest BCUT2D eigenvalue weighted by Gasteiger charge is 2.24. The SMILES string of the molecule is OCCC1CCCN1Cc1cnn(-c2cccc(Cl)c2)c1. The van der Waals surface area contributed by atoms with E-state index in [1.165, 1.54) is 18.4 Å². The summed E-state index contributed by atoms with van der Waals surface area (Å²) in [6.45, 7) is 2.27. The molecule has 4 nitrogen and oxygen atoms in total. The van der Waals surface area contributed by atoms with Crippen molar-refractivity contribution in [3.05, 3.63) is 47.2 Å². The molecule has 0 radical (unpaired) electrons. The van der Waals surface area contributed by atoms with Gasteiger partial charge in [0.15, 0.2) is 0 Å². The van der Waals surface area contributed by atoms with E-state index < -0.39 is 0 Å². The van der Waals surface area contributed by atoms with Crippen molar-refractivity contribution in [2.24, 2.45) is 0 Å². The molecule has 1 aromatic carbocycles. The highest BCUT2D eigenvalue weighted by molar-refractivity contribution is 6.30. The van der Waals surface area contributed by atoms with Crippen molar-refractivity contribution in [2.45, 2.75) is 31.8 Å². The number of likely N-dealkylation sites (tertiary alicyclic amines) is 1. The Kier molecular flexibility index (Phi) is 4.58. The molecule has 5 heteroatoms. The van der Waals surface area contributed by atoms with Crippen LogP contribution in [-0.4, -0.2) is 39.0 Å². The van der Waals surface area contributed by atoms with E-state index in [1.54, 1.807) is 0 Å². The van der Waals surface area contributed by atoms with Crippen LogP contribution in [0.3, 0.4) is 0 Å². The van der Waals surface area contributed by atoms with Crippen LogP contribution in [0.5, 0.6) is 0 Å². The van der Waals surface area contributed by atoms with Crippen molar-refractivity contribution >= 4 is 11.6 Å². The van der Waals surface area contributed by atoms with Gasteiger partial charge >= 0.3 is 0 Å². The Balaban J connectivity index is 1.70. The minimum atomic E-state index is 0.267. The van der Waals surface area contributed by atoms with Gasteiger partial charge in [0.2, 0.25) is 0 Å². The fourth-order valence-electron chi connectivity index (χ4n) is 3.02. The predicted molar refractivity (Wildman–Crippen MR) is 83.7 cm³/mol. The summed E-state index contributed by atoms with van der Waals surface area (Å²) in [7, 11) is 0. The van der Waals surface area contributed by atoms with Crippen LogP contribution in [0.1, 0.15) is 24.8 Å². The van der Waals surface area contributed by atoms with Crippen molar-refractivity contribution in [3.63, 3.8) is 0 Å². The number of benzene rings is 1. The second-order valence-electron chi connectivity index (χ2n) is 5.55. The van der Waals surface area contributed by atoms with Crippen LogP contribution in [0.4, 0.5) is 0 Å². The summed E-state index contributed by atoms with van der Waals surface area (Å²) >= 11 is 6.02. The Hall–Kier alpha value is -1.36. The van der Waals surface area contributed by atoms with Gasteiger partial charge in [-0.1, -0.05) is 17.7 Å². The van der Waals surface area contributed by atoms with E-state index in [0.717, 1.165) is 25.2 Å². The number of aliphatic hydroxyl groups excluding tert-OH is 1. The Labute approximate surface area is 130 Å². The summed E-state index contributed by atoms with van der Waals surface area (Å²) < 4.78 is 1.86. The summed E-state index contributed by atoms with van der Waals surface area (Å²) in [6, 6.07) is 8.19. The van der Waals surface area contributed by atoms with Crippen molar-refractivity contribution in [3.8, 4) is 5.69 Å². The predicted octanol–water partition coefficient (Wildman–Crippen LogP) is 2.87. The van der Waals surface area contributed by atoms with Gasteiger partial charge in [0, 0.05) is 36.0 Å². The molecule has 1 N–H and O–H groups in total. The molecular formula is C16H20ClN3O. The van der Waals surface area contributed by atoms with Gasteiger partial charge in [0.05, 0.1) is 11.9 Å². The minimum absolute atomic E-state index is 0.267. The second kappa shape index (κ2) is 6.60. The Morgan fingerprint density at radius 1 is 1.38 bits per heavy atom. The second-order valence-corrected chi connectivity index (χ2v) is 5.99. The van der Waals surface area contributed by atoms with Crippen molar-refractivity contribution < 1.29 is 5.11 Å². The number of aliphatic hydroxyl groups is 1. The fraction of sp³-hybridized carbons (Fsp3) is 0.438. The van der Waals surface area contributed by atoms with Gasteiger partial charge in [0.1, 0.15) is 0 Å². The van der Waals surface area contributed by atoms with Crippen LogP contribution >= 0.6 is 11.6 Å². The Morgan fingerprint density at radius 3 is 3.10 bits per heavy atom. The zero-order chi connectivity index (χ0) is 14.7. The van der Waals surface area contributed by atoms with E-state index in [4.69, 9.17) is 16.7 Å². The summed E-state index contributed by atoms with van der Waals surface area (Å²) in [5.41, 5.74) is 2.17. The van der Waals surface area contributed by atoms with Crippen LogP contribution in [0.15, 0.2) is 36.7 Å². The average Bonchev–Trinajstić information content (AvgIpc) is 3.10. The maximum atomic E-state index is 9.13. The topological polar surface area (TPSA) is 41.3 Å². The van der Waals surface area contributed by atoms with E-state index in [0.29, 0.717) is 11.1 Å². The summed E-state index contributed by atoms with van der Waals surface area (Å²) in [5.74, 6) is 0. The molecule has 1 fully saturated rings. The quantitative estimate of drug-likeness (QED) is 0.923. The van der Waals surface area contributed by atoms with Crippen LogP contribution in [0, 0.1) is 0 Å². The molecule has 0 spiro atoms. The number of hydrogen-bond acceptors (Lipinski definition) is 3. The normalized spacial score (nSPS) is 19.2. The van der Waals surface area contributed by atoms with E-state index >= 15 is 0 Å². The highest BCUT2D eigenvalue weighted by atomic mass is 35.5. The molecule has 0 aliphatic carbocycles. The number of nitrogens with zero attached hydrogens (tertiary/aromatic N) is 3. The highest BCUT2D eigenvalue weighted by Crippen LogP contribution is 2.22. The van der Waals surface area contributed by atoms with Crippen molar-refractivity contribution in [1.29, 1.82) is 0 Å². The summed E-state index contributed by atoms with van der Waals surface area (Å²) in [5, 5.41) is 14.3. The lowest BCUT2D eigenvalue weighted by Gasteiger charge is -2.22. The zero-order valence-electron chi connectivity index (χ0n) is 12.0. The van der Waals surface area contributed by atoms with E-state index in [9.17, 15) is 0 Å². The van der Waals surface area contributed by atoms with Crippen LogP contribution < -0.4 is 0 Å². The minimum Gasteiger partial charge on any atom is -0.396 e. The molecule has 0 saturated carbocycles. The molecule has 1 unspecified atom stereocenters. The zero-order valence-corrected chi connectivity index (χ0v) is 12.7. The first-order valence-corrected chi connectivity index (χ1v) is 7.78. The number of halogens is 1. The van der Waals surface area contributed by atoms with Gasteiger partial charge < -0.3 is 5.11 Å². The third kappa shape index (κ3) is 3.46.